The number of aromatic nitrogens is 2. The number of nitrogens with one attached hydrogen (secondary N) is 1. The third-order valence-corrected chi connectivity index (χ3v) is 2.57. The maximum Gasteiger partial charge on any atom is 0.152 e. The van der Waals surface area contributed by atoms with Crippen LogP contribution in [0.2, 0.25) is 5.15 Å². The quantitative estimate of drug-likeness (QED) is 0.828. The number of nitrogens with zero attached hydrogens (tertiary/aromatic N) is 2. The molecule has 16 heavy (non-hydrogen) atoms. The van der Waals surface area contributed by atoms with Crippen LogP contribution in [0.3, 0.4) is 0 Å². The molecule has 1 N–H and O–H groups in total. The van der Waals surface area contributed by atoms with Gasteiger partial charge in [-0.25, -0.2) is 4.98 Å². The lowest BCUT2D eigenvalue weighted by Gasteiger charge is -2.09. The van der Waals surface area contributed by atoms with E-state index in [1.807, 2.05) is 31.2 Å². The maximum atomic E-state index is 6.00. The minimum atomic E-state index is 0.496. The fourth-order valence-corrected chi connectivity index (χ4v) is 1.69. The first kappa shape index (κ1) is 10.9. The zero-order valence-corrected chi connectivity index (χ0v) is 9.70. The van der Waals surface area contributed by atoms with Crippen LogP contribution in [0.25, 0.3) is 0 Å². The summed E-state index contributed by atoms with van der Waals surface area (Å²) in [4.78, 5) is 8.26. The highest BCUT2D eigenvalue weighted by Crippen LogP contribution is 2.22. The predicted octanol–water partition coefficient (Wildman–Crippen LogP) is 3.05. The largest absolute Gasteiger partial charge is 0.377 e. The van der Waals surface area contributed by atoms with Crippen molar-refractivity contribution >= 4 is 17.3 Å². The number of hydrogen-bond donors (Lipinski definition) is 1. The Kier molecular flexibility index (Phi) is 3.37. The number of pyridine rings is 2. The Bertz CT molecular complexity index is 451. The van der Waals surface area contributed by atoms with Crippen LogP contribution >= 0.6 is 11.6 Å². The number of halogens is 1. The Morgan fingerprint density at radius 3 is 2.75 bits per heavy atom. The number of rotatable bonds is 3. The van der Waals surface area contributed by atoms with Gasteiger partial charge in [0.05, 0.1) is 17.9 Å². The number of hydrogen-bond acceptors (Lipinski definition) is 3. The van der Waals surface area contributed by atoms with Crippen LogP contribution < -0.4 is 5.32 Å². The highest BCUT2D eigenvalue weighted by Gasteiger charge is 2.04. The van der Waals surface area contributed by atoms with Gasteiger partial charge in [0.25, 0.3) is 0 Å². The molecule has 0 amide bonds. The highest BCUT2D eigenvalue weighted by molar-refractivity contribution is 6.32. The maximum absolute atomic E-state index is 6.00. The van der Waals surface area contributed by atoms with Crippen LogP contribution in [-0.2, 0) is 6.54 Å². The van der Waals surface area contributed by atoms with Gasteiger partial charge < -0.3 is 5.32 Å². The highest BCUT2D eigenvalue weighted by atomic mass is 35.5. The van der Waals surface area contributed by atoms with Crippen LogP contribution in [0.5, 0.6) is 0 Å². The van der Waals surface area contributed by atoms with E-state index in [0.717, 1.165) is 16.9 Å². The molecule has 0 atom stereocenters. The molecule has 2 heterocycles. The fourth-order valence-electron chi connectivity index (χ4n) is 1.42. The van der Waals surface area contributed by atoms with Gasteiger partial charge in [0.2, 0.25) is 0 Å². The van der Waals surface area contributed by atoms with Gasteiger partial charge in [0, 0.05) is 12.4 Å². The van der Waals surface area contributed by atoms with Gasteiger partial charge >= 0.3 is 0 Å². The van der Waals surface area contributed by atoms with Gasteiger partial charge in [-0.15, -0.1) is 0 Å². The molecule has 0 aliphatic heterocycles. The van der Waals surface area contributed by atoms with Crippen LogP contribution in [0.4, 0.5) is 5.69 Å². The van der Waals surface area contributed by atoms with Crippen molar-refractivity contribution in [2.24, 2.45) is 0 Å². The van der Waals surface area contributed by atoms with Crippen LogP contribution in [0.1, 0.15) is 11.3 Å². The Hall–Kier alpha value is -1.61. The van der Waals surface area contributed by atoms with E-state index in [2.05, 4.69) is 15.3 Å². The number of aryl methyl sites for hydroxylation is 1. The third-order valence-electron chi connectivity index (χ3n) is 2.29. The zero-order valence-electron chi connectivity index (χ0n) is 8.94. The van der Waals surface area contributed by atoms with Crippen molar-refractivity contribution in [3.63, 3.8) is 0 Å². The summed E-state index contributed by atoms with van der Waals surface area (Å²) in [5, 5.41) is 3.74. The monoisotopic (exact) mass is 233 g/mol. The summed E-state index contributed by atoms with van der Waals surface area (Å²) in [7, 11) is 0. The van der Waals surface area contributed by atoms with Crippen molar-refractivity contribution < 1.29 is 0 Å². The molecule has 0 aliphatic rings. The van der Waals surface area contributed by atoms with Crippen molar-refractivity contribution in [2.75, 3.05) is 5.32 Å². The molecule has 4 heteroatoms. The van der Waals surface area contributed by atoms with Crippen LogP contribution in [0.15, 0.2) is 36.7 Å². The summed E-state index contributed by atoms with van der Waals surface area (Å²) >= 11 is 6.00. The van der Waals surface area contributed by atoms with Crippen molar-refractivity contribution in [1.29, 1.82) is 0 Å². The van der Waals surface area contributed by atoms with E-state index in [4.69, 9.17) is 11.6 Å². The minimum absolute atomic E-state index is 0.496. The van der Waals surface area contributed by atoms with E-state index in [1.54, 1.807) is 12.4 Å². The fraction of sp³-hybridized carbons (Fsp3) is 0.167. The topological polar surface area (TPSA) is 37.8 Å². The second-order valence-corrected chi connectivity index (χ2v) is 3.83. The summed E-state index contributed by atoms with van der Waals surface area (Å²) in [6.07, 6.45) is 3.47. The Morgan fingerprint density at radius 1 is 1.19 bits per heavy atom. The second-order valence-electron chi connectivity index (χ2n) is 3.47. The molecule has 0 spiro atoms. The molecule has 0 bridgehead atoms. The average molecular weight is 234 g/mol. The second kappa shape index (κ2) is 4.94. The van der Waals surface area contributed by atoms with E-state index in [1.165, 1.54) is 0 Å². The van der Waals surface area contributed by atoms with E-state index >= 15 is 0 Å². The lowest BCUT2D eigenvalue weighted by Crippen LogP contribution is -2.03. The van der Waals surface area contributed by atoms with Crippen LogP contribution in [-0.4, -0.2) is 9.97 Å². The Morgan fingerprint density at radius 2 is 2.06 bits per heavy atom. The normalized spacial score (nSPS) is 10.1. The summed E-state index contributed by atoms with van der Waals surface area (Å²) in [5.41, 5.74) is 2.92. The van der Waals surface area contributed by atoms with Gasteiger partial charge in [-0.05, 0) is 30.7 Å². The first-order chi connectivity index (χ1) is 7.77. The lowest BCUT2D eigenvalue weighted by molar-refractivity contribution is 1.04. The van der Waals surface area contributed by atoms with Crippen molar-refractivity contribution in [3.05, 3.63) is 53.1 Å². The van der Waals surface area contributed by atoms with Crippen molar-refractivity contribution in [2.45, 2.75) is 13.5 Å². The van der Waals surface area contributed by atoms with E-state index in [-0.39, 0.29) is 0 Å². The molecule has 2 rings (SSSR count). The van der Waals surface area contributed by atoms with Crippen molar-refractivity contribution in [3.8, 4) is 0 Å². The summed E-state index contributed by atoms with van der Waals surface area (Å²) in [6, 6.07) is 7.74. The summed E-state index contributed by atoms with van der Waals surface area (Å²) < 4.78 is 0. The molecule has 2 aromatic heterocycles. The smallest absolute Gasteiger partial charge is 0.152 e. The lowest BCUT2D eigenvalue weighted by atomic mass is 10.2. The SMILES string of the molecule is Cc1ccnc(Cl)c1NCc1ccccn1. The standard InChI is InChI=1S/C12H12ClN3/c1-9-5-7-15-12(13)11(9)16-8-10-4-2-3-6-14-10/h2-7,16H,8H2,1H3. The molecule has 0 aromatic carbocycles. The third kappa shape index (κ3) is 2.49. The molecule has 0 saturated heterocycles. The molecule has 3 nitrogen and oxygen atoms in total. The summed E-state index contributed by atoms with van der Waals surface area (Å²) in [5.74, 6) is 0. The van der Waals surface area contributed by atoms with Gasteiger partial charge in [-0.2, -0.15) is 0 Å². The average Bonchev–Trinajstić information content (AvgIpc) is 2.30. The van der Waals surface area contributed by atoms with Gasteiger partial charge in [-0.3, -0.25) is 4.98 Å². The first-order valence-electron chi connectivity index (χ1n) is 5.02. The molecule has 0 radical (unpaired) electrons. The molecular weight excluding hydrogens is 222 g/mol. The molecular formula is C12H12ClN3. The molecule has 0 unspecified atom stereocenters. The minimum Gasteiger partial charge on any atom is -0.377 e. The van der Waals surface area contributed by atoms with Gasteiger partial charge in [-0.1, -0.05) is 17.7 Å². The zero-order chi connectivity index (χ0) is 11.4. The van der Waals surface area contributed by atoms with Gasteiger partial charge in [0.1, 0.15) is 0 Å². The predicted molar refractivity (Wildman–Crippen MR) is 65.5 cm³/mol. The molecule has 0 saturated carbocycles. The number of anilines is 1. The van der Waals surface area contributed by atoms with E-state index in [0.29, 0.717) is 11.7 Å². The molecule has 82 valence electrons. The Balaban J connectivity index is 2.11. The molecule has 0 fully saturated rings. The van der Waals surface area contributed by atoms with Crippen LogP contribution in [0, 0.1) is 6.92 Å². The van der Waals surface area contributed by atoms with Gasteiger partial charge in [0.15, 0.2) is 5.15 Å². The van der Waals surface area contributed by atoms with E-state index < -0.39 is 0 Å². The first-order valence-corrected chi connectivity index (χ1v) is 5.40. The summed E-state index contributed by atoms with van der Waals surface area (Å²) in [6.45, 7) is 2.64. The molecule has 2 aromatic rings. The van der Waals surface area contributed by atoms with E-state index in [9.17, 15) is 0 Å². The van der Waals surface area contributed by atoms with Crippen molar-refractivity contribution in [1.82, 2.24) is 9.97 Å². The Labute approximate surface area is 99.5 Å². The molecule has 0 aliphatic carbocycles.